The summed E-state index contributed by atoms with van der Waals surface area (Å²) in [5, 5.41) is 44.6. The summed E-state index contributed by atoms with van der Waals surface area (Å²) in [6, 6.07) is 10.9. The molecule has 0 fully saturated rings. The van der Waals surface area contributed by atoms with Crippen molar-refractivity contribution < 1.29 is 24.3 Å². The number of hydrogen-bond acceptors (Lipinski definition) is 9. The van der Waals surface area contributed by atoms with Crippen LogP contribution in [0.25, 0.3) is 6.08 Å². The zero-order valence-corrected chi connectivity index (χ0v) is 21.5. The number of carbonyl (C=O) groups is 1. The molecule has 0 atom stereocenters. The number of amides is 1. The lowest BCUT2D eigenvalue weighted by molar-refractivity contribution is -0.394. The molecule has 13 nitrogen and oxygen atoms in total. The average Bonchev–Trinajstić information content (AvgIpc) is 2.85. The van der Waals surface area contributed by atoms with E-state index < -0.39 is 32.1 Å². The van der Waals surface area contributed by atoms with Crippen molar-refractivity contribution in [3.63, 3.8) is 0 Å². The van der Waals surface area contributed by atoms with Crippen LogP contribution < -0.4 is 10.1 Å². The van der Waals surface area contributed by atoms with Gasteiger partial charge in [-0.2, -0.15) is 5.26 Å². The van der Waals surface area contributed by atoms with Crippen LogP contribution in [0.5, 0.6) is 11.5 Å². The Morgan fingerprint density at radius 3 is 2.05 bits per heavy atom. The number of halogens is 3. The first kappa shape index (κ1) is 28.0. The number of hydrogen-bond donors (Lipinski definition) is 1. The SMILES string of the molecule is N#C/C(=C\c1ccc(Oc2ccc([N+](=O)[O-])cc2[N+](=O)[O-])c(Br)c1)C(=O)Nc1c(Cl)cc([N+](=O)[O-])cc1Cl. The maximum absolute atomic E-state index is 12.6. The minimum Gasteiger partial charge on any atom is -0.449 e. The standard InChI is InChI=1S/C22H10BrCl2N5O8/c23-15-6-11(1-3-19(15)38-20-4-2-13(28(32)33)9-18(20)30(36)37)5-12(10-26)22(31)27-21-16(24)7-14(29(34)35)8-17(21)25/h1-9H,(H,27,31)/b12-5+. The molecule has 0 heterocycles. The predicted molar refractivity (Wildman–Crippen MR) is 139 cm³/mol. The van der Waals surface area contributed by atoms with E-state index in [9.17, 15) is 40.4 Å². The lowest BCUT2D eigenvalue weighted by Crippen LogP contribution is -2.14. The second-order valence-electron chi connectivity index (χ2n) is 7.12. The van der Waals surface area contributed by atoms with Gasteiger partial charge in [-0.1, -0.05) is 29.3 Å². The highest BCUT2D eigenvalue weighted by atomic mass is 79.9. The molecule has 0 aliphatic heterocycles. The van der Waals surface area contributed by atoms with Gasteiger partial charge >= 0.3 is 5.69 Å². The molecule has 0 aliphatic rings. The quantitative estimate of drug-likeness (QED) is 0.121. The van der Waals surface area contributed by atoms with E-state index >= 15 is 0 Å². The summed E-state index contributed by atoms with van der Waals surface area (Å²) in [7, 11) is 0. The highest BCUT2D eigenvalue weighted by molar-refractivity contribution is 9.10. The Labute approximate surface area is 230 Å². The van der Waals surface area contributed by atoms with Crippen molar-refractivity contribution in [3.05, 3.63) is 105 Å². The van der Waals surface area contributed by atoms with Crippen LogP contribution in [-0.4, -0.2) is 20.7 Å². The summed E-state index contributed by atoms with van der Waals surface area (Å²) in [6.45, 7) is 0. The molecule has 0 bridgehead atoms. The number of rotatable bonds is 8. The Morgan fingerprint density at radius 1 is 0.921 bits per heavy atom. The summed E-state index contributed by atoms with van der Waals surface area (Å²) < 4.78 is 5.82. The van der Waals surface area contributed by atoms with Crippen LogP contribution in [-0.2, 0) is 4.79 Å². The molecular weight excluding hydrogens is 613 g/mol. The number of ether oxygens (including phenoxy) is 1. The number of nitro groups is 3. The van der Waals surface area contributed by atoms with E-state index in [2.05, 4.69) is 21.2 Å². The summed E-state index contributed by atoms with van der Waals surface area (Å²) in [4.78, 5) is 43.5. The molecule has 0 radical (unpaired) electrons. The third-order valence-electron chi connectivity index (χ3n) is 4.68. The van der Waals surface area contributed by atoms with Gasteiger partial charge in [-0.15, -0.1) is 0 Å². The van der Waals surface area contributed by atoms with Gasteiger partial charge in [-0.3, -0.25) is 35.1 Å². The Morgan fingerprint density at radius 2 is 1.53 bits per heavy atom. The summed E-state index contributed by atoms with van der Waals surface area (Å²) >= 11 is 15.2. The smallest absolute Gasteiger partial charge is 0.318 e. The van der Waals surface area contributed by atoms with Gasteiger partial charge in [0.25, 0.3) is 17.3 Å². The van der Waals surface area contributed by atoms with Crippen molar-refractivity contribution in [1.29, 1.82) is 5.26 Å². The Hall–Kier alpha value is -4.58. The lowest BCUT2D eigenvalue weighted by Gasteiger charge is -2.10. The molecule has 0 unspecified atom stereocenters. The first-order valence-corrected chi connectivity index (χ1v) is 11.4. The van der Waals surface area contributed by atoms with Crippen molar-refractivity contribution >= 4 is 73.9 Å². The Kier molecular flexibility index (Phi) is 8.58. The van der Waals surface area contributed by atoms with Crippen LogP contribution in [0.15, 0.2) is 58.6 Å². The van der Waals surface area contributed by atoms with Gasteiger partial charge in [0.2, 0.25) is 5.75 Å². The first-order chi connectivity index (χ1) is 17.9. The highest BCUT2D eigenvalue weighted by Crippen LogP contribution is 2.38. The largest absolute Gasteiger partial charge is 0.449 e. The van der Waals surface area contributed by atoms with E-state index in [0.717, 1.165) is 30.3 Å². The van der Waals surface area contributed by atoms with Crippen LogP contribution in [0, 0.1) is 41.7 Å². The maximum Gasteiger partial charge on any atom is 0.318 e. The van der Waals surface area contributed by atoms with E-state index in [4.69, 9.17) is 27.9 Å². The second kappa shape index (κ2) is 11.6. The molecule has 0 saturated carbocycles. The van der Waals surface area contributed by atoms with Crippen LogP contribution >= 0.6 is 39.1 Å². The predicted octanol–water partition coefficient (Wildman–Crippen LogP) is 6.82. The normalized spacial score (nSPS) is 10.8. The van der Waals surface area contributed by atoms with Crippen molar-refractivity contribution in [2.75, 3.05) is 5.32 Å². The first-order valence-electron chi connectivity index (χ1n) is 9.88. The maximum atomic E-state index is 12.6. The van der Waals surface area contributed by atoms with E-state index in [1.807, 2.05) is 0 Å². The van der Waals surface area contributed by atoms with Gasteiger partial charge in [0.05, 0.1) is 41.0 Å². The van der Waals surface area contributed by atoms with Crippen molar-refractivity contribution in [3.8, 4) is 17.6 Å². The zero-order chi connectivity index (χ0) is 28.1. The minimum atomic E-state index is -0.900. The summed E-state index contributed by atoms with van der Waals surface area (Å²) in [5.41, 5.74) is -1.65. The molecule has 3 aromatic rings. The number of non-ortho nitro benzene ring substituents is 2. The number of anilines is 1. The second-order valence-corrected chi connectivity index (χ2v) is 8.79. The molecule has 3 aromatic carbocycles. The molecule has 0 aromatic heterocycles. The van der Waals surface area contributed by atoms with Gasteiger partial charge in [0, 0.05) is 18.2 Å². The fraction of sp³-hybridized carbons (Fsp3) is 0. The van der Waals surface area contributed by atoms with Crippen molar-refractivity contribution in [2.24, 2.45) is 0 Å². The van der Waals surface area contributed by atoms with Gasteiger partial charge < -0.3 is 10.1 Å². The van der Waals surface area contributed by atoms with E-state index in [1.165, 1.54) is 24.3 Å². The average molecular weight is 623 g/mol. The topological polar surface area (TPSA) is 192 Å². The van der Waals surface area contributed by atoms with Crippen LogP contribution in [0.4, 0.5) is 22.7 Å². The Balaban J connectivity index is 1.86. The molecule has 192 valence electrons. The third kappa shape index (κ3) is 6.40. The van der Waals surface area contributed by atoms with E-state index in [-0.39, 0.29) is 43.0 Å². The zero-order valence-electron chi connectivity index (χ0n) is 18.4. The van der Waals surface area contributed by atoms with Gasteiger partial charge in [0.1, 0.15) is 17.4 Å². The lowest BCUT2D eigenvalue weighted by atomic mass is 10.1. The third-order valence-corrected chi connectivity index (χ3v) is 5.89. The van der Waals surface area contributed by atoms with Crippen molar-refractivity contribution in [1.82, 2.24) is 0 Å². The van der Waals surface area contributed by atoms with Gasteiger partial charge in [-0.25, -0.2) is 0 Å². The highest BCUT2D eigenvalue weighted by Gasteiger charge is 2.22. The molecule has 16 heteroatoms. The number of nitriles is 1. The summed E-state index contributed by atoms with van der Waals surface area (Å²) in [5.74, 6) is -1.05. The monoisotopic (exact) mass is 621 g/mol. The van der Waals surface area contributed by atoms with Gasteiger partial charge in [0.15, 0.2) is 0 Å². The molecule has 3 rings (SSSR count). The van der Waals surface area contributed by atoms with Crippen LogP contribution in [0.3, 0.4) is 0 Å². The van der Waals surface area contributed by atoms with E-state index in [1.54, 1.807) is 6.07 Å². The van der Waals surface area contributed by atoms with E-state index in [0.29, 0.717) is 5.56 Å². The Bertz CT molecular complexity index is 1570. The number of benzene rings is 3. The number of nitrogens with zero attached hydrogens (tertiary/aromatic N) is 4. The fourth-order valence-electron chi connectivity index (χ4n) is 2.94. The fourth-order valence-corrected chi connectivity index (χ4v) is 3.98. The molecule has 1 amide bonds. The molecule has 0 saturated heterocycles. The number of nitrogens with one attached hydrogen (secondary N) is 1. The number of carbonyl (C=O) groups excluding carboxylic acids is 1. The van der Waals surface area contributed by atoms with Crippen molar-refractivity contribution in [2.45, 2.75) is 0 Å². The molecule has 0 aliphatic carbocycles. The van der Waals surface area contributed by atoms with Crippen LogP contribution in [0.2, 0.25) is 10.0 Å². The molecule has 1 N–H and O–H groups in total. The van der Waals surface area contributed by atoms with Gasteiger partial charge in [-0.05, 0) is 45.8 Å². The van der Waals surface area contributed by atoms with Crippen LogP contribution in [0.1, 0.15) is 5.56 Å². The molecule has 0 spiro atoms. The molecular formula is C22H10BrCl2N5O8. The number of nitro benzene ring substituents is 3. The minimum absolute atomic E-state index is 0.103. The molecule has 38 heavy (non-hydrogen) atoms. The summed E-state index contributed by atoms with van der Waals surface area (Å²) in [6.07, 6.45) is 1.21.